The zero-order valence-corrected chi connectivity index (χ0v) is 8.43. The van der Waals surface area contributed by atoms with Gasteiger partial charge >= 0.3 is 0 Å². The van der Waals surface area contributed by atoms with Crippen LogP contribution in [0.25, 0.3) is 0 Å². The van der Waals surface area contributed by atoms with Crippen LogP contribution >= 0.6 is 11.6 Å². The van der Waals surface area contributed by atoms with E-state index in [0.29, 0.717) is 35.3 Å². The van der Waals surface area contributed by atoms with Gasteiger partial charge in [-0.15, -0.1) is 0 Å². The smallest absolute Gasteiger partial charge is 0.180 e. The van der Waals surface area contributed by atoms with Crippen LogP contribution in [0.4, 0.5) is 0 Å². The van der Waals surface area contributed by atoms with Crippen LogP contribution in [0.1, 0.15) is 15.9 Å². The van der Waals surface area contributed by atoms with E-state index in [1.807, 2.05) is 6.92 Å². The minimum atomic E-state index is 0.342. The lowest BCUT2D eigenvalue weighted by Crippen LogP contribution is -2.16. The first-order valence-corrected chi connectivity index (χ1v) is 4.65. The van der Waals surface area contributed by atoms with Crippen LogP contribution in [-0.2, 0) is 0 Å². The van der Waals surface area contributed by atoms with Crippen molar-refractivity contribution in [2.75, 3.05) is 13.2 Å². The molecule has 0 aromatic heterocycles. The molecular weight excluding hydrogens is 204 g/mol. The molecule has 1 heterocycles. The van der Waals surface area contributed by atoms with Crippen LogP contribution in [0, 0.1) is 6.92 Å². The molecule has 4 heteroatoms. The molecule has 0 N–H and O–H groups in total. The number of carbonyl (C=O) groups excluding carboxylic acids is 1. The Hall–Kier alpha value is -1.22. The fraction of sp³-hybridized carbons (Fsp3) is 0.300. The van der Waals surface area contributed by atoms with Gasteiger partial charge in [0.2, 0.25) is 0 Å². The summed E-state index contributed by atoms with van der Waals surface area (Å²) in [5.41, 5.74) is 1.27. The Morgan fingerprint density at radius 1 is 1.43 bits per heavy atom. The Morgan fingerprint density at radius 3 is 2.86 bits per heavy atom. The van der Waals surface area contributed by atoms with Crippen LogP contribution in [0.2, 0.25) is 5.02 Å². The minimum Gasteiger partial charge on any atom is -0.486 e. The average Bonchev–Trinajstić information content (AvgIpc) is 2.18. The van der Waals surface area contributed by atoms with Crippen LogP contribution in [0.3, 0.4) is 0 Å². The highest BCUT2D eigenvalue weighted by Crippen LogP contribution is 2.40. The molecule has 0 fully saturated rings. The largest absolute Gasteiger partial charge is 0.486 e. The predicted molar refractivity (Wildman–Crippen MR) is 52.6 cm³/mol. The van der Waals surface area contributed by atoms with E-state index in [9.17, 15) is 4.79 Å². The molecule has 3 nitrogen and oxygen atoms in total. The standard InChI is InChI=1S/C10H9ClO3/c1-6-4-8-10(14-3-2-13-8)9(11)7(6)5-12/h4-5H,2-3H2,1H3. The number of fused-ring (bicyclic) bond motifs is 1. The Labute approximate surface area is 86.6 Å². The van der Waals surface area contributed by atoms with Gasteiger partial charge in [-0.1, -0.05) is 11.6 Å². The molecule has 0 unspecified atom stereocenters. The monoisotopic (exact) mass is 212 g/mol. The first kappa shape index (κ1) is 9.34. The molecule has 0 atom stereocenters. The maximum Gasteiger partial charge on any atom is 0.180 e. The van der Waals surface area contributed by atoms with Gasteiger partial charge in [0.1, 0.15) is 13.2 Å². The summed E-state index contributed by atoms with van der Waals surface area (Å²) in [4.78, 5) is 10.8. The van der Waals surface area contributed by atoms with Gasteiger partial charge in [0.05, 0.1) is 5.02 Å². The first-order valence-electron chi connectivity index (χ1n) is 4.28. The summed E-state index contributed by atoms with van der Waals surface area (Å²) in [5.74, 6) is 1.09. The van der Waals surface area contributed by atoms with Gasteiger partial charge in [-0.3, -0.25) is 4.79 Å². The number of benzene rings is 1. The Morgan fingerprint density at radius 2 is 2.14 bits per heavy atom. The van der Waals surface area contributed by atoms with E-state index >= 15 is 0 Å². The molecule has 1 aliphatic heterocycles. The molecule has 0 spiro atoms. The maximum atomic E-state index is 10.8. The molecule has 0 aliphatic carbocycles. The van der Waals surface area contributed by atoms with Crippen molar-refractivity contribution in [1.29, 1.82) is 0 Å². The second-order valence-electron chi connectivity index (χ2n) is 3.06. The fourth-order valence-electron chi connectivity index (χ4n) is 1.43. The predicted octanol–water partition coefficient (Wildman–Crippen LogP) is 2.23. The first-order chi connectivity index (χ1) is 6.74. The molecule has 74 valence electrons. The Kier molecular flexibility index (Phi) is 2.33. The quantitative estimate of drug-likeness (QED) is 0.670. The van der Waals surface area contributed by atoms with Crippen LogP contribution in [0.15, 0.2) is 6.07 Å². The third-order valence-corrected chi connectivity index (χ3v) is 2.51. The number of carbonyl (C=O) groups is 1. The third kappa shape index (κ3) is 1.34. The second kappa shape index (κ2) is 3.50. The SMILES string of the molecule is Cc1cc2c(c(Cl)c1C=O)OCCO2. The summed E-state index contributed by atoms with van der Waals surface area (Å²) >= 11 is 6.00. The molecule has 0 radical (unpaired) electrons. The van der Waals surface area contributed by atoms with Gasteiger partial charge in [-0.05, 0) is 18.6 Å². The number of rotatable bonds is 1. The molecule has 2 rings (SSSR count). The van der Waals surface area contributed by atoms with E-state index in [4.69, 9.17) is 21.1 Å². The zero-order chi connectivity index (χ0) is 10.1. The van der Waals surface area contributed by atoms with Gasteiger partial charge < -0.3 is 9.47 Å². The molecule has 0 bridgehead atoms. The van der Waals surface area contributed by atoms with E-state index in [0.717, 1.165) is 11.8 Å². The second-order valence-corrected chi connectivity index (χ2v) is 3.44. The van der Waals surface area contributed by atoms with Crippen LogP contribution in [0.5, 0.6) is 11.5 Å². The van der Waals surface area contributed by atoms with Crippen molar-refractivity contribution in [2.45, 2.75) is 6.92 Å². The summed E-state index contributed by atoms with van der Waals surface area (Å²) < 4.78 is 10.7. The molecule has 1 aromatic carbocycles. The number of hydrogen-bond donors (Lipinski definition) is 0. The average molecular weight is 213 g/mol. The number of aryl methyl sites for hydroxylation is 1. The lowest BCUT2D eigenvalue weighted by molar-refractivity contribution is 0.112. The summed E-state index contributed by atoms with van der Waals surface area (Å²) in [5, 5.41) is 0.342. The van der Waals surface area contributed by atoms with E-state index < -0.39 is 0 Å². The van der Waals surface area contributed by atoms with Gasteiger partial charge in [0, 0.05) is 5.56 Å². The number of ether oxygens (including phenoxy) is 2. The van der Waals surface area contributed by atoms with Gasteiger partial charge in [0.15, 0.2) is 17.8 Å². The molecule has 0 amide bonds. The zero-order valence-electron chi connectivity index (χ0n) is 7.67. The fourth-order valence-corrected chi connectivity index (χ4v) is 1.77. The van der Waals surface area contributed by atoms with E-state index in [1.165, 1.54) is 0 Å². The lowest BCUT2D eigenvalue weighted by Gasteiger charge is -2.20. The summed E-state index contributed by atoms with van der Waals surface area (Å²) in [6.45, 7) is 2.80. The van der Waals surface area contributed by atoms with Crippen molar-refractivity contribution in [2.24, 2.45) is 0 Å². The highest BCUT2D eigenvalue weighted by molar-refractivity contribution is 6.34. The van der Waals surface area contributed by atoms with Gasteiger partial charge in [-0.2, -0.15) is 0 Å². The molecule has 0 saturated carbocycles. The lowest BCUT2D eigenvalue weighted by atomic mass is 10.1. The van der Waals surface area contributed by atoms with Gasteiger partial charge in [0.25, 0.3) is 0 Å². The molecule has 0 saturated heterocycles. The van der Waals surface area contributed by atoms with Crippen molar-refractivity contribution >= 4 is 17.9 Å². The van der Waals surface area contributed by atoms with Crippen molar-refractivity contribution in [1.82, 2.24) is 0 Å². The van der Waals surface area contributed by atoms with Crippen molar-refractivity contribution < 1.29 is 14.3 Å². The van der Waals surface area contributed by atoms with Crippen LogP contribution in [-0.4, -0.2) is 19.5 Å². The maximum absolute atomic E-state index is 10.8. The number of halogens is 1. The third-order valence-electron chi connectivity index (χ3n) is 2.14. The van der Waals surface area contributed by atoms with Gasteiger partial charge in [-0.25, -0.2) is 0 Å². The summed E-state index contributed by atoms with van der Waals surface area (Å²) in [6, 6.07) is 1.77. The summed E-state index contributed by atoms with van der Waals surface area (Å²) in [6.07, 6.45) is 0.732. The molecule has 14 heavy (non-hydrogen) atoms. The van der Waals surface area contributed by atoms with E-state index in [-0.39, 0.29) is 0 Å². The summed E-state index contributed by atoms with van der Waals surface area (Å²) in [7, 11) is 0. The molecular formula is C10H9ClO3. The molecule has 1 aliphatic rings. The minimum absolute atomic E-state index is 0.342. The highest BCUT2D eigenvalue weighted by atomic mass is 35.5. The Bertz CT molecular complexity index is 387. The van der Waals surface area contributed by atoms with E-state index in [2.05, 4.69) is 0 Å². The molecule has 1 aromatic rings. The van der Waals surface area contributed by atoms with Crippen molar-refractivity contribution in [3.8, 4) is 11.5 Å². The number of aldehydes is 1. The Balaban J connectivity index is 2.63. The van der Waals surface area contributed by atoms with Crippen LogP contribution < -0.4 is 9.47 Å². The van der Waals surface area contributed by atoms with Crippen molar-refractivity contribution in [3.05, 3.63) is 22.2 Å². The number of hydrogen-bond acceptors (Lipinski definition) is 3. The topological polar surface area (TPSA) is 35.5 Å². The van der Waals surface area contributed by atoms with E-state index in [1.54, 1.807) is 6.07 Å². The highest BCUT2D eigenvalue weighted by Gasteiger charge is 2.19. The normalized spacial score (nSPS) is 13.9. The van der Waals surface area contributed by atoms with Crippen molar-refractivity contribution in [3.63, 3.8) is 0 Å².